The van der Waals surface area contributed by atoms with Crippen LogP contribution in [0.1, 0.15) is 56.7 Å². The third-order valence-corrected chi connectivity index (χ3v) is 6.15. The van der Waals surface area contributed by atoms with Crippen LogP contribution >= 0.6 is 0 Å². The van der Waals surface area contributed by atoms with E-state index < -0.39 is 47.6 Å². The number of aromatic nitrogens is 3. The molecule has 0 bridgehead atoms. The monoisotopic (exact) mass is 578 g/mol. The van der Waals surface area contributed by atoms with Crippen LogP contribution in [0, 0.1) is 0 Å². The zero-order valence-corrected chi connectivity index (χ0v) is 24.5. The average molecular weight is 579 g/mol. The summed E-state index contributed by atoms with van der Waals surface area (Å²) in [5.41, 5.74) is 1.06. The van der Waals surface area contributed by atoms with E-state index in [0.717, 1.165) is 11.1 Å². The Bertz CT molecular complexity index is 1340. The summed E-state index contributed by atoms with van der Waals surface area (Å²) in [6.07, 6.45) is 1.29. The molecule has 3 amide bonds. The third kappa shape index (κ3) is 9.72. The molecule has 0 radical (unpaired) electrons. The fraction of sp³-hybridized carbons (Fsp3) is 0.400. The van der Waals surface area contributed by atoms with E-state index in [-0.39, 0.29) is 13.0 Å². The summed E-state index contributed by atoms with van der Waals surface area (Å²) < 4.78 is 11.6. The van der Waals surface area contributed by atoms with Gasteiger partial charge in [-0.3, -0.25) is 9.59 Å². The summed E-state index contributed by atoms with van der Waals surface area (Å²) in [5.74, 6) is -1.20. The number of methoxy groups -OCH3 is 1. The molecule has 0 saturated carbocycles. The number of amides is 3. The van der Waals surface area contributed by atoms with Crippen LogP contribution in [0.15, 0.2) is 67.0 Å². The minimum Gasteiger partial charge on any atom is -0.467 e. The van der Waals surface area contributed by atoms with Crippen molar-refractivity contribution in [1.82, 2.24) is 30.7 Å². The summed E-state index contributed by atoms with van der Waals surface area (Å²) in [5, 5.41) is 16.5. The molecular formula is C30H38N6O6. The first kappa shape index (κ1) is 31.8. The van der Waals surface area contributed by atoms with Gasteiger partial charge in [0.15, 0.2) is 5.82 Å². The van der Waals surface area contributed by atoms with Crippen molar-refractivity contribution in [2.75, 3.05) is 13.7 Å². The number of rotatable bonds is 12. The zero-order chi connectivity index (χ0) is 30.7. The number of hydrogen-bond donors (Lipinski definition) is 3. The van der Waals surface area contributed by atoms with Gasteiger partial charge in [-0.15, -0.1) is 10.2 Å². The molecule has 42 heavy (non-hydrogen) atoms. The van der Waals surface area contributed by atoms with Crippen molar-refractivity contribution in [3.8, 4) is 0 Å². The van der Waals surface area contributed by atoms with Gasteiger partial charge in [0.25, 0.3) is 0 Å². The molecule has 2 aromatic carbocycles. The van der Waals surface area contributed by atoms with Crippen molar-refractivity contribution < 1.29 is 28.7 Å². The molecule has 0 aliphatic carbocycles. The van der Waals surface area contributed by atoms with E-state index >= 15 is 0 Å². The molecule has 12 heteroatoms. The number of nitrogens with one attached hydrogen (secondary N) is 3. The van der Waals surface area contributed by atoms with Crippen molar-refractivity contribution in [2.24, 2.45) is 0 Å². The number of esters is 1. The number of ether oxygens (including phenoxy) is 2. The number of benzene rings is 2. The predicted octanol–water partition coefficient (Wildman–Crippen LogP) is 2.66. The van der Waals surface area contributed by atoms with E-state index in [1.807, 2.05) is 60.7 Å². The molecule has 0 saturated heterocycles. The Labute approximate surface area is 245 Å². The lowest BCUT2D eigenvalue weighted by Crippen LogP contribution is -2.44. The van der Waals surface area contributed by atoms with Crippen molar-refractivity contribution in [3.05, 3.63) is 83.9 Å². The molecule has 12 nitrogen and oxygen atoms in total. The number of carbonyl (C=O) groups excluding carboxylic acids is 4. The standard InChI is InChI=1S/C30H38N6O6/c1-20(28(39)41-5)33-27(38)24(17-22-14-10-7-11-15-22)36-19-32-35-26(36)23(16-21-12-8-6-9-13-21)34-25(37)18-31-29(40)42-30(2,3)4/h6-15,19-20,23-24H,16-18H2,1-5H3,(H,31,40)(H,33,38)(H,34,37)/t20-,23-,24-/m0/s1. The first-order valence-electron chi connectivity index (χ1n) is 13.6. The average Bonchev–Trinajstić information content (AvgIpc) is 3.43. The predicted molar refractivity (Wildman–Crippen MR) is 154 cm³/mol. The van der Waals surface area contributed by atoms with Crippen LogP contribution in [0.5, 0.6) is 0 Å². The first-order valence-corrected chi connectivity index (χ1v) is 13.6. The van der Waals surface area contributed by atoms with Gasteiger partial charge < -0.3 is 30.0 Å². The third-order valence-electron chi connectivity index (χ3n) is 6.15. The first-order chi connectivity index (χ1) is 20.0. The Morgan fingerprint density at radius 3 is 2.07 bits per heavy atom. The van der Waals surface area contributed by atoms with Crippen LogP contribution in [-0.4, -0.2) is 63.9 Å². The molecular weight excluding hydrogens is 540 g/mol. The summed E-state index contributed by atoms with van der Waals surface area (Å²) in [4.78, 5) is 50.7. The maximum absolute atomic E-state index is 13.6. The number of carbonyl (C=O) groups is 4. The van der Waals surface area contributed by atoms with E-state index in [4.69, 9.17) is 9.47 Å². The summed E-state index contributed by atoms with van der Waals surface area (Å²) in [6, 6.07) is 16.4. The Balaban J connectivity index is 1.91. The Hall–Kier alpha value is -4.74. The molecule has 3 atom stereocenters. The van der Waals surface area contributed by atoms with Gasteiger partial charge in [0.2, 0.25) is 11.8 Å². The fourth-order valence-electron chi connectivity index (χ4n) is 4.21. The van der Waals surface area contributed by atoms with Crippen molar-refractivity contribution in [3.63, 3.8) is 0 Å². The minimum absolute atomic E-state index is 0.262. The topological polar surface area (TPSA) is 154 Å². The van der Waals surface area contributed by atoms with Gasteiger partial charge in [-0.1, -0.05) is 60.7 Å². The lowest BCUT2D eigenvalue weighted by Gasteiger charge is -2.25. The second-order valence-corrected chi connectivity index (χ2v) is 10.7. The van der Waals surface area contributed by atoms with Gasteiger partial charge in [0, 0.05) is 6.42 Å². The van der Waals surface area contributed by atoms with Gasteiger partial charge in [-0.25, -0.2) is 9.59 Å². The van der Waals surface area contributed by atoms with E-state index in [9.17, 15) is 19.2 Å². The van der Waals surface area contributed by atoms with Gasteiger partial charge in [-0.2, -0.15) is 0 Å². The lowest BCUT2D eigenvalue weighted by molar-refractivity contribution is -0.145. The molecule has 3 N–H and O–H groups in total. The van der Waals surface area contributed by atoms with Gasteiger partial charge in [-0.05, 0) is 45.2 Å². The molecule has 224 valence electrons. The van der Waals surface area contributed by atoms with Crippen molar-refractivity contribution >= 4 is 23.9 Å². The number of hydrogen-bond acceptors (Lipinski definition) is 8. The quantitative estimate of drug-likeness (QED) is 0.277. The highest BCUT2D eigenvalue weighted by Crippen LogP contribution is 2.23. The van der Waals surface area contributed by atoms with Crippen LogP contribution in [-0.2, 0) is 36.7 Å². The lowest BCUT2D eigenvalue weighted by atomic mass is 10.0. The molecule has 3 aromatic rings. The van der Waals surface area contributed by atoms with Crippen LogP contribution in [0.4, 0.5) is 4.79 Å². The second-order valence-electron chi connectivity index (χ2n) is 10.7. The largest absolute Gasteiger partial charge is 0.467 e. The number of nitrogens with zero attached hydrogens (tertiary/aromatic N) is 3. The fourth-order valence-corrected chi connectivity index (χ4v) is 4.21. The molecule has 1 aromatic heterocycles. The smallest absolute Gasteiger partial charge is 0.408 e. The van der Waals surface area contributed by atoms with E-state index in [1.165, 1.54) is 20.4 Å². The van der Waals surface area contributed by atoms with Crippen LogP contribution in [0.2, 0.25) is 0 Å². The Morgan fingerprint density at radius 2 is 1.50 bits per heavy atom. The maximum atomic E-state index is 13.6. The Morgan fingerprint density at radius 1 is 0.905 bits per heavy atom. The van der Waals surface area contributed by atoms with Crippen LogP contribution < -0.4 is 16.0 Å². The van der Waals surface area contributed by atoms with Crippen LogP contribution in [0.3, 0.4) is 0 Å². The summed E-state index contributed by atoms with van der Waals surface area (Å²) in [7, 11) is 1.25. The van der Waals surface area contributed by atoms with Crippen molar-refractivity contribution in [2.45, 2.75) is 64.3 Å². The molecule has 0 fully saturated rings. The zero-order valence-electron chi connectivity index (χ0n) is 24.5. The van der Waals surface area contributed by atoms with E-state index in [1.54, 1.807) is 25.3 Å². The van der Waals surface area contributed by atoms with E-state index in [2.05, 4.69) is 26.1 Å². The van der Waals surface area contributed by atoms with Crippen molar-refractivity contribution in [1.29, 1.82) is 0 Å². The highest BCUT2D eigenvalue weighted by molar-refractivity contribution is 5.86. The minimum atomic E-state index is -0.889. The van der Waals surface area contributed by atoms with Crippen LogP contribution in [0.25, 0.3) is 0 Å². The molecule has 0 spiro atoms. The Kier molecular flexibility index (Phi) is 11.2. The second kappa shape index (κ2) is 14.8. The molecule has 0 unspecified atom stereocenters. The highest BCUT2D eigenvalue weighted by Gasteiger charge is 2.30. The molecule has 3 rings (SSSR count). The highest BCUT2D eigenvalue weighted by atomic mass is 16.6. The van der Waals surface area contributed by atoms with E-state index in [0.29, 0.717) is 12.2 Å². The van der Waals surface area contributed by atoms with Gasteiger partial charge >= 0.3 is 12.1 Å². The van der Waals surface area contributed by atoms with Gasteiger partial charge in [0.1, 0.15) is 30.6 Å². The summed E-state index contributed by atoms with van der Waals surface area (Å²) in [6.45, 7) is 6.38. The maximum Gasteiger partial charge on any atom is 0.408 e. The van der Waals surface area contributed by atoms with Gasteiger partial charge in [0.05, 0.1) is 13.2 Å². The molecule has 0 aliphatic heterocycles. The normalized spacial score (nSPS) is 13.3. The molecule has 1 heterocycles. The number of alkyl carbamates (subject to hydrolysis) is 1. The summed E-state index contributed by atoms with van der Waals surface area (Å²) >= 11 is 0. The SMILES string of the molecule is COC(=O)[C@H](C)NC(=O)[C@H](Cc1ccccc1)n1cnnc1[C@H](Cc1ccccc1)NC(=O)CNC(=O)OC(C)(C)C. The molecule has 0 aliphatic rings.